The van der Waals surface area contributed by atoms with Gasteiger partial charge in [-0.2, -0.15) is 0 Å². The third-order valence-corrected chi connectivity index (χ3v) is 3.27. The van der Waals surface area contributed by atoms with Crippen LogP contribution in [0, 0.1) is 0 Å². The lowest BCUT2D eigenvalue weighted by Gasteiger charge is -2.06. The molecule has 0 bridgehead atoms. The number of halogens is 1. The lowest BCUT2D eigenvalue weighted by atomic mass is 10.1. The van der Waals surface area contributed by atoms with Crippen LogP contribution in [0.2, 0.25) is 0 Å². The van der Waals surface area contributed by atoms with Crippen molar-refractivity contribution in [3.8, 4) is 5.75 Å². The lowest BCUT2D eigenvalue weighted by Crippen LogP contribution is -2.21. The molecule has 3 rings (SSSR count). The van der Waals surface area contributed by atoms with E-state index in [2.05, 4.69) is 10.3 Å². The summed E-state index contributed by atoms with van der Waals surface area (Å²) >= 11 is 0. The molecule has 8 heteroatoms. The quantitative estimate of drug-likeness (QED) is 0.338. The average molecular weight is 347 g/mol. The third-order valence-electron chi connectivity index (χ3n) is 3.27. The Balaban J connectivity index is 0.00000208. The number of hydrogen-bond donors (Lipinski definition) is 3. The normalized spacial score (nSPS) is 11.8. The number of fused-ring (bicyclic) bond motifs is 1. The number of amides is 1. The minimum Gasteiger partial charge on any atom is -0.423 e. The number of carbonyl (C=O) groups excluding carboxylic acids is 2. The number of nitrogens with two attached hydrogens (primary N) is 2. The highest BCUT2D eigenvalue weighted by Crippen LogP contribution is 2.27. The van der Waals surface area contributed by atoms with Gasteiger partial charge in [0.25, 0.3) is 0 Å². The SMILES string of the molecule is Cl.NC(N)=Nc1ccc(C(=O)Oc2ccc3c(c2)CC(=O)N3)cc1. The van der Waals surface area contributed by atoms with Crippen molar-refractivity contribution in [1.82, 2.24) is 0 Å². The van der Waals surface area contributed by atoms with E-state index < -0.39 is 5.97 Å². The number of nitrogens with one attached hydrogen (secondary N) is 1. The number of nitrogens with zero attached hydrogens (tertiary/aromatic N) is 1. The topological polar surface area (TPSA) is 120 Å². The Bertz CT molecular complexity index is 815. The van der Waals surface area contributed by atoms with Gasteiger partial charge in [0, 0.05) is 5.69 Å². The van der Waals surface area contributed by atoms with Gasteiger partial charge in [-0.15, -0.1) is 12.4 Å². The van der Waals surface area contributed by atoms with Crippen LogP contribution in [0.5, 0.6) is 5.75 Å². The summed E-state index contributed by atoms with van der Waals surface area (Å²) in [6, 6.07) is 11.4. The van der Waals surface area contributed by atoms with Gasteiger partial charge in [0.05, 0.1) is 17.7 Å². The van der Waals surface area contributed by atoms with Crippen LogP contribution in [0.25, 0.3) is 0 Å². The maximum Gasteiger partial charge on any atom is 0.343 e. The zero-order valence-electron chi connectivity index (χ0n) is 12.5. The minimum atomic E-state index is -0.501. The van der Waals surface area contributed by atoms with Crippen LogP contribution in [0.3, 0.4) is 0 Å². The molecule has 0 spiro atoms. The molecular weight excluding hydrogens is 332 g/mol. The van der Waals surface area contributed by atoms with Gasteiger partial charge < -0.3 is 21.5 Å². The summed E-state index contributed by atoms with van der Waals surface area (Å²) in [5.74, 6) is -0.238. The molecule has 7 nitrogen and oxygen atoms in total. The lowest BCUT2D eigenvalue weighted by molar-refractivity contribution is -0.115. The Hall–Kier alpha value is -3.06. The zero-order valence-corrected chi connectivity index (χ0v) is 13.3. The molecule has 5 N–H and O–H groups in total. The Kier molecular flexibility index (Phi) is 5.05. The second-order valence-electron chi connectivity index (χ2n) is 5.02. The van der Waals surface area contributed by atoms with Crippen molar-refractivity contribution >= 4 is 41.6 Å². The summed E-state index contributed by atoms with van der Waals surface area (Å²) in [6.07, 6.45) is 0.286. The second-order valence-corrected chi connectivity index (χ2v) is 5.02. The van der Waals surface area contributed by atoms with Crippen molar-refractivity contribution in [3.63, 3.8) is 0 Å². The number of aliphatic imine (C=N–C) groups is 1. The van der Waals surface area contributed by atoms with E-state index in [4.69, 9.17) is 16.2 Å². The van der Waals surface area contributed by atoms with Crippen molar-refractivity contribution < 1.29 is 14.3 Å². The first-order valence-corrected chi connectivity index (χ1v) is 6.86. The van der Waals surface area contributed by atoms with Gasteiger partial charge in [0.15, 0.2) is 5.96 Å². The van der Waals surface area contributed by atoms with Gasteiger partial charge in [0.2, 0.25) is 5.91 Å². The third kappa shape index (κ3) is 3.82. The molecule has 24 heavy (non-hydrogen) atoms. The van der Waals surface area contributed by atoms with Gasteiger partial charge in [-0.05, 0) is 48.0 Å². The first-order chi connectivity index (χ1) is 11.0. The van der Waals surface area contributed by atoms with Gasteiger partial charge in [-0.1, -0.05) is 0 Å². The predicted molar refractivity (Wildman–Crippen MR) is 92.9 cm³/mol. The highest BCUT2D eigenvalue weighted by molar-refractivity contribution is 5.99. The Morgan fingerprint density at radius 2 is 1.83 bits per heavy atom. The molecule has 0 fully saturated rings. The molecule has 1 aliphatic heterocycles. The van der Waals surface area contributed by atoms with Crippen LogP contribution in [0.4, 0.5) is 11.4 Å². The number of hydrogen-bond acceptors (Lipinski definition) is 4. The van der Waals surface area contributed by atoms with E-state index in [1.807, 2.05) is 0 Å². The van der Waals surface area contributed by atoms with Gasteiger partial charge >= 0.3 is 5.97 Å². The van der Waals surface area contributed by atoms with Crippen LogP contribution in [-0.2, 0) is 11.2 Å². The summed E-state index contributed by atoms with van der Waals surface area (Å²) in [5, 5.41) is 2.72. The molecule has 0 atom stereocenters. The van der Waals surface area contributed by atoms with Gasteiger partial charge in [-0.25, -0.2) is 9.79 Å². The van der Waals surface area contributed by atoms with Crippen LogP contribution >= 0.6 is 12.4 Å². The number of esters is 1. The van der Waals surface area contributed by atoms with Crippen molar-refractivity contribution in [2.75, 3.05) is 5.32 Å². The van der Waals surface area contributed by atoms with E-state index in [9.17, 15) is 9.59 Å². The number of carbonyl (C=O) groups is 2. The monoisotopic (exact) mass is 346 g/mol. The van der Waals surface area contributed by atoms with Crippen LogP contribution in [-0.4, -0.2) is 17.8 Å². The highest BCUT2D eigenvalue weighted by Gasteiger charge is 2.18. The van der Waals surface area contributed by atoms with Crippen molar-refractivity contribution in [2.24, 2.45) is 16.5 Å². The second kappa shape index (κ2) is 7.01. The van der Waals surface area contributed by atoms with E-state index in [0.717, 1.165) is 11.3 Å². The maximum absolute atomic E-state index is 12.1. The number of benzene rings is 2. The molecule has 0 unspecified atom stereocenters. The fourth-order valence-corrected chi connectivity index (χ4v) is 2.26. The molecule has 124 valence electrons. The predicted octanol–water partition coefficient (Wildman–Crippen LogP) is 1.73. The minimum absolute atomic E-state index is 0. The number of anilines is 1. The van der Waals surface area contributed by atoms with E-state index >= 15 is 0 Å². The van der Waals surface area contributed by atoms with E-state index in [1.54, 1.807) is 42.5 Å². The Morgan fingerprint density at radius 1 is 1.12 bits per heavy atom. The summed E-state index contributed by atoms with van der Waals surface area (Å²) in [5.41, 5.74) is 13.0. The molecule has 0 saturated heterocycles. The van der Waals surface area contributed by atoms with Crippen LogP contribution in [0.1, 0.15) is 15.9 Å². The summed E-state index contributed by atoms with van der Waals surface area (Å²) in [6.45, 7) is 0. The first-order valence-electron chi connectivity index (χ1n) is 6.86. The van der Waals surface area contributed by atoms with Crippen molar-refractivity contribution in [2.45, 2.75) is 6.42 Å². The Labute approximate surface area is 144 Å². The molecule has 2 aromatic carbocycles. The molecule has 0 aliphatic carbocycles. The molecule has 0 saturated carbocycles. The highest BCUT2D eigenvalue weighted by atomic mass is 35.5. The standard InChI is InChI=1S/C16H14N4O3.ClH/c17-16(18)19-11-3-1-9(2-4-11)15(22)23-12-5-6-13-10(7-12)8-14(21)20-13;/h1-7H,8H2,(H,20,21)(H4,17,18,19);1H. The smallest absolute Gasteiger partial charge is 0.343 e. The molecular formula is C16H15ClN4O3. The average Bonchev–Trinajstić information content (AvgIpc) is 2.86. The maximum atomic E-state index is 12.1. The molecule has 2 aromatic rings. The molecule has 1 heterocycles. The van der Waals surface area contributed by atoms with E-state index in [0.29, 0.717) is 17.0 Å². The fourth-order valence-electron chi connectivity index (χ4n) is 2.26. The first kappa shape index (κ1) is 17.3. The summed E-state index contributed by atoms with van der Waals surface area (Å²) in [4.78, 5) is 27.3. The summed E-state index contributed by atoms with van der Waals surface area (Å²) < 4.78 is 5.32. The van der Waals surface area contributed by atoms with Crippen molar-refractivity contribution in [3.05, 3.63) is 53.6 Å². The number of ether oxygens (including phenoxy) is 1. The largest absolute Gasteiger partial charge is 0.423 e. The number of rotatable bonds is 3. The molecule has 0 aromatic heterocycles. The molecule has 1 amide bonds. The Morgan fingerprint density at radius 3 is 2.50 bits per heavy atom. The summed E-state index contributed by atoms with van der Waals surface area (Å²) in [7, 11) is 0. The van der Waals surface area contributed by atoms with Gasteiger partial charge in [-0.3, -0.25) is 4.79 Å². The zero-order chi connectivity index (χ0) is 16.4. The fraction of sp³-hybridized carbons (Fsp3) is 0.0625. The molecule has 1 aliphatic rings. The van der Waals surface area contributed by atoms with Crippen LogP contribution < -0.4 is 21.5 Å². The van der Waals surface area contributed by atoms with E-state index in [-0.39, 0.29) is 30.7 Å². The van der Waals surface area contributed by atoms with E-state index in [1.165, 1.54) is 0 Å². The van der Waals surface area contributed by atoms with Crippen LogP contribution in [0.15, 0.2) is 47.5 Å². The van der Waals surface area contributed by atoms with Gasteiger partial charge in [0.1, 0.15) is 5.75 Å². The number of guanidine groups is 1. The van der Waals surface area contributed by atoms with Crippen molar-refractivity contribution in [1.29, 1.82) is 0 Å². The molecule has 0 radical (unpaired) electrons.